The van der Waals surface area contributed by atoms with Gasteiger partial charge in [-0.05, 0) is 54.4 Å². The van der Waals surface area contributed by atoms with Crippen molar-refractivity contribution in [2.24, 2.45) is 0 Å². The second-order valence-electron chi connectivity index (χ2n) is 8.20. The number of rotatable bonds is 9. The molecule has 0 aliphatic carbocycles. The maximum absolute atomic E-state index is 13.3. The van der Waals surface area contributed by atoms with E-state index < -0.39 is 34.4 Å². The third kappa shape index (κ3) is 6.51. The van der Waals surface area contributed by atoms with Gasteiger partial charge in [0.15, 0.2) is 0 Å². The molecule has 0 saturated heterocycles. The first-order valence-corrected chi connectivity index (χ1v) is 13.6. The zero-order valence-electron chi connectivity index (χ0n) is 19.4. The standard InChI is InChI=1S/C25H19Cl3N4O5S/c26-15-5-6-17(25(35)31-16(13-23(33)34)10-14-4-7-18(27)19(28)11-14)21(12-15)32-38(36,37)22-3-1-2-20-24(22)30-9-8-29-20/h1-9,11-12,16,32H,10,13H2,(H,31,35)(H,33,34)/t16-/m0/s1. The monoisotopic (exact) mass is 592 g/mol. The first-order chi connectivity index (χ1) is 18.0. The van der Waals surface area contributed by atoms with Crippen LogP contribution in [0.3, 0.4) is 0 Å². The molecule has 1 atom stereocenters. The average molecular weight is 594 g/mol. The van der Waals surface area contributed by atoms with Gasteiger partial charge >= 0.3 is 5.97 Å². The molecule has 1 amide bonds. The van der Waals surface area contributed by atoms with Gasteiger partial charge in [0.25, 0.3) is 15.9 Å². The SMILES string of the molecule is O=C(O)C[C@H](Cc1ccc(Cl)c(Cl)c1)NC(=O)c1ccc(Cl)cc1NS(=O)(=O)c1cccc2nccnc12. The fraction of sp³-hybridized carbons (Fsp3) is 0.120. The first kappa shape index (κ1) is 27.6. The Labute approximate surface area is 232 Å². The molecule has 3 aromatic carbocycles. The highest BCUT2D eigenvalue weighted by Gasteiger charge is 2.24. The van der Waals surface area contributed by atoms with Gasteiger partial charge in [-0.2, -0.15) is 0 Å². The number of carbonyl (C=O) groups excluding carboxylic acids is 1. The number of nitrogens with zero attached hydrogens (tertiary/aromatic N) is 2. The lowest BCUT2D eigenvalue weighted by Crippen LogP contribution is -2.38. The van der Waals surface area contributed by atoms with Crippen LogP contribution < -0.4 is 10.0 Å². The third-order valence-electron chi connectivity index (χ3n) is 5.44. The molecule has 4 aromatic rings. The van der Waals surface area contributed by atoms with E-state index in [0.717, 1.165) is 0 Å². The molecule has 0 aliphatic heterocycles. The van der Waals surface area contributed by atoms with Crippen LogP contribution in [0.25, 0.3) is 11.0 Å². The zero-order chi connectivity index (χ0) is 27.4. The lowest BCUT2D eigenvalue weighted by molar-refractivity contribution is -0.137. The summed E-state index contributed by atoms with van der Waals surface area (Å²) in [7, 11) is -4.23. The summed E-state index contributed by atoms with van der Waals surface area (Å²) in [6.45, 7) is 0. The van der Waals surface area contributed by atoms with Crippen LogP contribution in [0, 0.1) is 0 Å². The summed E-state index contributed by atoms with van der Waals surface area (Å²) < 4.78 is 29.0. The van der Waals surface area contributed by atoms with E-state index in [1.165, 1.54) is 42.7 Å². The maximum Gasteiger partial charge on any atom is 0.305 e. The van der Waals surface area contributed by atoms with Crippen molar-refractivity contribution in [3.8, 4) is 0 Å². The van der Waals surface area contributed by atoms with Crippen LogP contribution in [0.2, 0.25) is 15.1 Å². The van der Waals surface area contributed by atoms with Gasteiger partial charge in [0, 0.05) is 23.5 Å². The number of hydrogen-bond donors (Lipinski definition) is 3. The Morgan fingerprint density at radius 1 is 0.947 bits per heavy atom. The normalized spacial score (nSPS) is 12.2. The Balaban J connectivity index is 1.63. The third-order valence-corrected chi connectivity index (χ3v) is 7.82. The molecule has 1 aromatic heterocycles. The molecule has 0 fully saturated rings. The van der Waals surface area contributed by atoms with Crippen LogP contribution in [0.15, 0.2) is 71.9 Å². The lowest BCUT2D eigenvalue weighted by Gasteiger charge is -2.19. The van der Waals surface area contributed by atoms with Crippen molar-refractivity contribution in [1.29, 1.82) is 0 Å². The van der Waals surface area contributed by atoms with Crippen molar-refractivity contribution in [3.63, 3.8) is 0 Å². The number of para-hydroxylation sites is 1. The predicted octanol–water partition coefficient (Wildman–Crippen LogP) is 5.21. The van der Waals surface area contributed by atoms with Gasteiger partial charge in [-0.3, -0.25) is 24.3 Å². The number of aliphatic carboxylic acids is 1. The van der Waals surface area contributed by atoms with Crippen molar-refractivity contribution in [2.45, 2.75) is 23.8 Å². The van der Waals surface area contributed by atoms with Crippen molar-refractivity contribution in [1.82, 2.24) is 15.3 Å². The Morgan fingerprint density at radius 2 is 1.71 bits per heavy atom. The molecular formula is C25H19Cl3N4O5S. The van der Waals surface area contributed by atoms with Gasteiger partial charge in [-0.15, -0.1) is 0 Å². The van der Waals surface area contributed by atoms with Gasteiger partial charge in [0.05, 0.1) is 33.2 Å². The van der Waals surface area contributed by atoms with Gasteiger partial charge in [-0.25, -0.2) is 8.42 Å². The largest absolute Gasteiger partial charge is 0.481 e. The highest BCUT2D eigenvalue weighted by Crippen LogP contribution is 2.27. The molecule has 196 valence electrons. The molecule has 0 saturated carbocycles. The van der Waals surface area contributed by atoms with Gasteiger partial charge in [-0.1, -0.05) is 46.9 Å². The summed E-state index contributed by atoms with van der Waals surface area (Å²) in [5, 5.41) is 12.9. The van der Waals surface area contributed by atoms with E-state index in [1.807, 2.05) is 0 Å². The van der Waals surface area contributed by atoms with E-state index in [9.17, 15) is 23.1 Å². The minimum absolute atomic E-state index is 0.0613. The van der Waals surface area contributed by atoms with E-state index in [2.05, 4.69) is 20.0 Å². The molecule has 0 bridgehead atoms. The lowest BCUT2D eigenvalue weighted by atomic mass is 10.0. The summed E-state index contributed by atoms with van der Waals surface area (Å²) in [6.07, 6.45) is 2.56. The van der Waals surface area contributed by atoms with Crippen LogP contribution >= 0.6 is 34.8 Å². The molecule has 0 aliphatic rings. The fourth-order valence-corrected chi connectivity index (χ4v) is 5.51. The van der Waals surface area contributed by atoms with E-state index >= 15 is 0 Å². The number of fused-ring (bicyclic) bond motifs is 1. The summed E-state index contributed by atoms with van der Waals surface area (Å²) in [5.74, 6) is -1.84. The Kier molecular flexibility index (Phi) is 8.37. The van der Waals surface area contributed by atoms with Crippen LogP contribution in [0.4, 0.5) is 5.69 Å². The fourth-order valence-electron chi connectivity index (χ4n) is 3.78. The molecule has 0 unspecified atom stereocenters. The molecule has 9 nitrogen and oxygen atoms in total. The number of benzene rings is 3. The quantitative estimate of drug-likeness (QED) is 0.242. The van der Waals surface area contributed by atoms with E-state index in [1.54, 1.807) is 24.3 Å². The second-order valence-corrected chi connectivity index (χ2v) is 11.1. The van der Waals surface area contributed by atoms with Crippen LogP contribution in [0.1, 0.15) is 22.3 Å². The molecule has 0 spiro atoms. The summed E-state index contributed by atoms with van der Waals surface area (Å²) in [6, 6.07) is 12.5. The van der Waals surface area contributed by atoms with Crippen LogP contribution in [-0.2, 0) is 21.2 Å². The summed E-state index contributed by atoms with van der Waals surface area (Å²) >= 11 is 18.1. The van der Waals surface area contributed by atoms with E-state index in [4.69, 9.17) is 34.8 Å². The van der Waals surface area contributed by atoms with Gasteiger partial charge in [0.2, 0.25) is 0 Å². The Morgan fingerprint density at radius 3 is 2.45 bits per heavy atom. The highest BCUT2D eigenvalue weighted by atomic mass is 35.5. The minimum atomic E-state index is -4.23. The van der Waals surface area contributed by atoms with Crippen LogP contribution in [-0.4, -0.2) is 41.4 Å². The van der Waals surface area contributed by atoms with Crippen molar-refractivity contribution in [2.75, 3.05) is 4.72 Å². The zero-order valence-corrected chi connectivity index (χ0v) is 22.4. The number of carboxylic acid groups (broad SMARTS) is 1. The molecule has 3 N–H and O–H groups in total. The summed E-state index contributed by atoms with van der Waals surface area (Å²) in [4.78, 5) is 32.8. The van der Waals surface area contributed by atoms with Gasteiger partial charge in [0.1, 0.15) is 10.4 Å². The number of halogens is 3. The molecule has 13 heteroatoms. The van der Waals surface area contributed by atoms with Crippen molar-refractivity contribution < 1.29 is 23.1 Å². The molecule has 4 rings (SSSR count). The van der Waals surface area contributed by atoms with E-state index in [-0.39, 0.29) is 38.1 Å². The summed E-state index contributed by atoms with van der Waals surface area (Å²) in [5.41, 5.74) is 1.02. The number of carbonyl (C=O) groups is 2. The Bertz CT molecular complexity index is 1640. The van der Waals surface area contributed by atoms with Crippen molar-refractivity contribution >= 4 is 73.4 Å². The number of nitrogens with one attached hydrogen (secondary N) is 2. The average Bonchev–Trinajstić information content (AvgIpc) is 2.85. The number of hydrogen-bond acceptors (Lipinski definition) is 6. The number of aromatic nitrogens is 2. The van der Waals surface area contributed by atoms with E-state index in [0.29, 0.717) is 16.1 Å². The highest BCUT2D eigenvalue weighted by molar-refractivity contribution is 7.93. The first-order valence-electron chi connectivity index (χ1n) is 11.0. The molecular weight excluding hydrogens is 575 g/mol. The molecule has 0 radical (unpaired) electrons. The Hall–Kier alpha value is -3.44. The number of amides is 1. The van der Waals surface area contributed by atoms with Crippen molar-refractivity contribution in [3.05, 3.63) is 93.2 Å². The number of sulfonamides is 1. The second kappa shape index (κ2) is 11.5. The molecule has 1 heterocycles. The number of carboxylic acids is 1. The topological polar surface area (TPSA) is 138 Å². The van der Waals surface area contributed by atoms with Crippen LogP contribution in [0.5, 0.6) is 0 Å². The number of anilines is 1. The molecule has 38 heavy (non-hydrogen) atoms. The minimum Gasteiger partial charge on any atom is -0.481 e. The van der Waals surface area contributed by atoms with Gasteiger partial charge < -0.3 is 10.4 Å². The maximum atomic E-state index is 13.3. The predicted molar refractivity (Wildman–Crippen MR) is 145 cm³/mol. The smallest absolute Gasteiger partial charge is 0.305 e.